The third-order valence-electron chi connectivity index (χ3n) is 8.26. The molecule has 0 radical (unpaired) electrons. The molecule has 2 aliphatic heterocycles. The van der Waals surface area contributed by atoms with E-state index in [1.54, 1.807) is 28.9 Å². The van der Waals surface area contributed by atoms with Crippen molar-refractivity contribution < 1.29 is 18.8 Å². The van der Waals surface area contributed by atoms with Crippen LogP contribution in [0.25, 0.3) is 0 Å². The molecule has 0 unspecified atom stereocenters. The second-order valence-electron chi connectivity index (χ2n) is 12.2. The Balaban J connectivity index is 1.54. The first kappa shape index (κ1) is 28.5. The summed E-state index contributed by atoms with van der Waals surface area (Å²) in [5.74, 6) is -1.70. The van der Waals surface area contributed by atoms with Crippen LogP contribution in [-0.2, 0) is 15.0 Å². The number of hydrogen-bond acceptors (Lipinski definition) is 3. The quantitative estimate of drug-likeness (QED) is 0.377. The topological polar surface area (TPSA) is 69.7 Å². The van der Waals surface area contributed by atoms with Crippen LogP contribution in [0.5, 0.6) is 0 Å². The van der Waals surface area contributed by atoms with Crippen LogP contribution in [0, 0.1) is 18.7 Å². The van der Waals surface area contributed by atoms with E-state index in [0.29, 0.717) is 43.6 Å². The van der Waals surface area contributed by atoms with Crippen molar-refractivity contribution in [1.29, 1.82) is 0 Å². The molecule has 2 saturated heterocycles. The number of nitrogens with one attached hydrogen (secondary N) is 1. The minimum absolute atomic E-state index is 0.0299. The molecule has 3 aromatic rings. The smallest absolute Gasteiger partial charge is 0.257 e. The van der Waals surface area contributed by atoms with Gasteiger partial charge in [-0.25, -0.2) is 4.39 Å². The van der Waals surface area contributed by atoms with Crippen molar-refractivity contribution in [2.45, 2.75) is 64.8 Å². The molecule has 5 rings (SSSR count). The Labute approximate surface area is 241 Å². The van der Waals surface area contributed by atoms with E-state index in [9.17, 15) is 14.4 Å². The second kappa shape index (κ2) is 11.5. The number of anilines is 2. The molecule has 214 valence electrons. The molecule has 0 saturated carbocycles. The van der Waals surface area contributed by atoms with E-state index in [4.69, 9.17) is 0 Å². The SMILES string of the molecule is Cc1cccc(F)c1C(=O)N1CCC[C@H](C(=O)Nc2cccc(C(C)(C)C)c2)[C@@H]1c1cccc(N2CCCC2=O)c1. The summed E-state index contributed by atoms with van der Waals surface area (Å²) in [7, 11) is 0. The van der Waals surface area contributed by atoms with E-state index in [1.807, 2.05) is 48.5 Å². The first-order chi connectivity index (χ1) is 19.5. The first-order valence-electron chi connectivity index (χ1n) is 14.4. The van der Waals surface area contributed by atoms with Crippen molar-refractivity contribution in [1.82, 2.24) is 4.90 Å². The van der Waals surface area contributed by atoms with E-state index >= 15 is 4.39 Å². The van der Waals surface area contributed by atoms with Gasteiger partial charge >= 0.3 is 0 Å². The number of rotatable bonds is 5. The summed E-state index contributed by atoms with van der Waals surface area (Å²) in [6.45, 7) is 9.12. The average Bonchev–Trinajstić information content (AvgIpc) is 3.38. The van der Waals surface area contributed by atoms with Crippen molar-refractivity contribution in [2.75, 3.05) is 23.3 Å². The highest BCUT2D eigenvalue weighted by Crippen LogP contribution is 2.40. The molecular formula is C34H38FN3O3. The molecule has 0 spiro atoms. The fraction of sp³-hybridized carbons (Fsp3) is 0.382. The number of carbonyl (C=O) groups is 3. The zero-order valence-corrected chi connectivity index (χ0v) is 24.2. The van der Waals surface area contributed by atoms with Crippen molar-refractivity contribution >= 4 is 29.1 Å². The number of amides is 3. The number of benzene rings is 3. The molecule has 41 heavy (non-hydrogen) atoms. The van der Waals surface area contributed by atoms with Crippen molar-refractivity contribution in [2.24, 2.45) is 5.92 Å². The Morgan fingerprint density at radius 1 is 0.951 bits per heavy atom. The molecule has 0 aromatic heterocycles. The van der Waals surface area contributed by atoms with E-state index in [-0.39, 0.29) is 22.8 Å². The number of hydrogen-bond donors (Lipinski definition) is 1. The fourth-order valence-corrected chi connectivity index (χ4v) is 6.05. The third kappa shape index (κ3) is 5.90. The van der Waals surface area contributed by atoms with Crippen LogP contribution in [0.3, 0.4) is 0 Å². The van der Waals surface area contributed by atoms with Gasteiger partial charge in [0.2, 0.25) is 11.8 Å². The number of nitrogens with zero attached hydrogens (tertiary/aromatic N) is 2. The summed E-state index contributed by atoms with van der Waals surface area (Å²) in [6, 6.07) is 19.4. The summed E-state index contributed by atoms with van der Waals surface area (Å²) in [4.78, 5) is 43.9. The Morgan fingerprint density at radius 2 is 1.71 bits per heavy atom. The number of carbonyl (C=O) groups excluding carboxylic acids is 3. The molecule has 3 aromatic carbocycles. The molecule has 1 N–H and O–H groups in total. The maximum atomic E-state index is 15.0. The van der Waals surface area contributed by atoms with Gasteiger partial charge in [-0.1, -0.05) is 57.2 Å². The second-order valence-corrected chi connectivity index (χ2v) is 12.2. The highest BCUT2D eigenvalue weighted by Gasteiger charge is 2.41. The lowest BCUT2D eigenvalue weighted by molar-refractivity contribution is -0.123. The lowest BCUT2D eigenvalue weighted by atomic mass is 9.83. The molecule has 2 atom stereocenters. The van der Waals surface area contributed by atoms with Crippen LogP contribution in [0.15, 0.2) is 66.7 Å². The predicted octanol–water partition coefficient (Wildman–Crippen LogP) is 6.79. The average molecular weight is 556 g/mol. The molecular weight excluding hydrogens is 517 g/mol. The zero-order chi connectivity index (χ0) is 29.3. The van der Waals surface area contributed by atoms with Crippen LogP contribution >= 0.6 is 0 Å². The molecule has 0 aliphatic carbocycles. The normalized spacial score (nSPS) is 19.4. The fourth-order valence-electron chi connectivity index (χ4n) is 6.05. The highest BCUT2D eigenvalue weighted by molar-refractivity contribution is 5.98. The van der Waals surface area contributed by atoms with E-state index in [1.165, 1.54) is 6.07 Å². The minimum atomic E-state index is -0.626. The van der Waals surface area contributed by atoms with Crippen molar-refractivity contribution in [3.8, 4) is 0 Å². The van der Waals surface area contributed by atoms with Crippen LogP contribution < -0.4 is 10.2 Å². The Kier molecular flexibility index (Phi) is 7.98. The largest absolute Gasteiger partial charge is 0.331 e. The number of aryl methyl sites for hydroxylation is 1. The molecule has 0 bridgehead atoms. The molecule has 2 aliphatic rings. The lowest BCUT2D eigenvalue weighted by Gasteiger charge is -2.41. The third-order valence-corrected chi connectivity index (χ3v) is 8.26. The van der Waals surface area contributed by atoms with Gasteiger partial charge in [-0.05, 0) is 78.6 Å². The zero-order valence-electron chi connectivity index (χ0n) is 24.2. The molecule has 3 amide bonds. The standard InChI is InChI=1S/C34H38FN3O3/c1-22-10-5-16-28(35)30(22)33(41)38-19-8-15-27(32(40)36-25-13-7-12-24(21-25)34(2,3)4)31(38)23-11-6-14-26(20-23)37-18-9-17-29(37)39/h5-7,10-14,16,20-21,27,31H,8-9,15,17-19H2,1-4H3,(H,36,40)/t27-,31-/m0/s1. The highest BCUT2D eigenvalue weighted by atomic mass is 19.1. The van der Waals surface area contributed by atoms with Gasteiger partial charge in [0, 0.05) is 30.9 Å². The first-order valence-corrected chi connectivity index (χ1v) is 14.4. The maximum Gasteiger partial charge on any atom is 0.257 e. The summed E-state index contributed by atoms with van der Waals surface area (Å²) < 4.78 is 15.0. The van der Waals surface area contributed by atoms with E-state index in [0.717, 1.165) is 23.2 Å². The van der Waals surface area contributed by atoms with Gasteiger partial charge in [0.25, 0.3) is 5.91 Å². The monoisotopic (exact) mass is 555 g/mol. The summed E-state index contributed by atoms with van der Waals surface area (Å²) in [6.07, 6.45) is 2.48. The van der Waals surface area contributed by atoms with Crippen LogP contribution in [0.1, 0.15) is 79.5 Å². The molecule has 2 fully saturated rings. The van der Waals surface area contributed by atoms with Gasteiger partial charge in [0.05, 0.1) is 17.5 Å². The lowest BCUT2D eigenvalue weighted by Crippen LogP contribution is -2.47. The Hall–Kier alpha value is -4.00. The van der Waals surface area contributed by atoms with Gasteiger partial charge in [-0.2, -0.15) is 0 Å². The van der Waals surface area contributed by atoms with Gasteiger partial charge in [-0.15, -0.1) is 0 Å². The van der Waals surface area contributed by atoms with Crippen LogP contribution in [0.4, 0.5) is 15.8 Å². The number of piperidine rings is 1. The van der Waals surface area contributed by atoms with Gasteiger partial charge in [0.15, 0.2) is 0 Å². The minimum Gasteiger partial charge on any atom is -0.331 e. The summed E-state index contributed by atoms with van der Waals surface area (Å²) in [5.41, 5.74) is 3.81. The molecule has 6 nitrogen and oxygen atoms in total. The van der Waals surface area contributed by atoms with E-state index < -0.39 is 23.7 Å². The Bertz CT molecular complexity index is 1460. The van der Waals surface area contributed by atoms with Crippen molar-refractivity contribution in [3.63, 3.8) is 0 Å². The van der Waals surface area contributed by atoms with Crippen LogP contribution in [0.2, 0.25) is 0 Å². The Morgan fingerprint density at radius 3 is 2.41 bits per heavy atom. The van der Waals surface area contributed by atoms with E-state index in [2.05, 4.69) is 26.1 Å². The summed E-state index contributed by atoms with van der Waals surface area (Å²) in [5, 5.41) is 3.11. The molecule has 2 heterocycles. The predicted molar refractivity (Wildman–Crippen MR) is 159 cm³/mol. The van der Waals surface area contributed by atoms with Gasteiger partial charge in [-0.3, -0.25) is 14.4 Å². The van der Waals surface area contributed by atoms with Gasteiger partial charge in [0.1, 0.15) is 5.82 Å². The number of likely N-dealkylation sites (tertiary alicyclic amines) is 1. The summed E-state index contributed by atoms with van der Waals surface area (Å²) >= 11 is 0. The molecule has 7 heteroatoms. The number of halogens is 1. The maximum absolute atomic E-state index is 15.0. The van der Waals surface area contributed by atoms with Crippen molar-refractivity contribution in [3.05, 3.63) is 94.8 Å². The van der Waals surface area contributed by atoms with Crippen LogP contribution in [-0.4, -0.2) is 35.7 Å². The van der Waals surface area contributed by atoms with Gasteiger partial charge < -0.3 is 15.1 Å².